The molecule has 1 fully saturated rings. The van der Waals surface area contributed by atoms with Crippen LogP contribution in [0.4, 0.5) is 0 Å². The van der Waals surface area contributed by atoms with Crippen molar-refractivity contribution in [2.75, 3.05) is 26.7 Å². The monoisotopic (exact) mass is 413 g/mol. The van der Waals surface area contributed by atoms with E-state index >= 15 is 0 Å². The van der Waals surface area contributed by atoms with E-state index in [9.17, 15) is 4.79 Å². The molecule has 1 N–H and O–H groups in total. The normalized spacial score (nSPS) is 18.1. The molecule has 0 bridgehead atoms. The van der Waals surface area contributed by atoms with Gasteiger partial charge in [0.05, 0.1) is 12.2 Å². The van der Waals surface area contributed by atoms with E-state index in [0.717, 1.165) is 50.2 Å². The number of rotatable bonds is 6. The van der Waals surface area contributed by atoms with Crippen LogP contribution in [0.25, 0.3) is 11.5 Å². The van der Waals surface area contributed by atoms with Crippen molar-refractivity contribution in [3.63, 3.8) is 0 Å². The lowest BCUT2D eigenvalue weighted by molar-refractivity contribution is -0.138. The molecule has 1 saturated heterocycles. The van der Waals surface area contributed by atoms with E-state index < -0.39 is 5.97 Å². The van der Waals surface area contributed by atoms with Gasteiger partial charge in [-0.3, -0.25) is 14.6 Å². The summed E-state index contributed by atoms with van der Waals surface area (Å²) >= 11 is 5.92. The average molecular weight is 414 g/mol. The van der Waals surface area contributed by atoms with Crippen LogP contribution in [0.15, 0.2) is 34.9 Å². The van der Waals surface area contributed by atoms with Crippen LogP contribution in [-0.4, -0.2) is 58.6 Å². The van der Waals surface area contributed by atoms with Crippen LogP contribution < -0.4 is 0 Å². The van der Waals surface area contributed by atoms with E-state index in [1.54, 1.807) is 6.26 Å². The average Bonchev–Trinajstić information content (AvgIpc) is 2.93. The smallest absolute Gasteiger partial charge is 0.317 e. The van der Waals surface area contributed by atoms with Crippen molar-refractivity contribution in [3.8, 4) is 11.5 Å². The van der Waals surface area contributed by atoms with Gasteiger partial charge in [0.2, 0.25) is 5.89 Å². The summed E-state index contributed by atoms with van der Waals surface area (Å²) in [5.74, 6) is -0.170. The fourth-order valence-corrected chi connectivity index (χ4v) is 3.54. The van der Waals surface area contributed by atoms with Gasteiger partial charge in [-0.2, -0.15) is 0 Å². The van der Waals surface area contributed by atoms with E-state index in [2.05, 4.69) is 9.88 Å². The number of aliphatic carboxylic acids is 1. The fourth-order valence-electron chi connectivity index (χ4n) is 3.41. The van der Waals surface area contributed by atoms with Crippen LogP contribution in [0.1, 0.15) is 25.0 Å². The van der Waals surface area contributed by atoms with Gasteiger partial charge >= 0.3 is 5.97 Å². The third-order valence-corrected chi connectivity index (χ3v) is 5.08. The summed E-state index contributed by atoms with van der Waals surface area (Å²) in [6.07, 6.45) is 4.75. The third-order valence-electron chi connectivity index (χ3n) is 4.83. The number of hydrogen-bond donors (Lipinski definition) is 1. The lowest BCUT2D eigenvalue weighted by atomic mass is 10.1. The van der Waals surface area contributed by atoms with Gasteiger partial charge in [0.25, 0.3) is 0 Å². The van der Waals surface area contributed by atoms with Crippen LogP contribution in [0, 0.1) is 0 Å². The van der Waals surface area contributed by atoms with Crippen molar-refractivity contribution in [2.24, 2.45) is 0 Å². The Balaban J connectivity index is 0.00000261. The topological polar surface area (TPSA) is 69.8 Å². The molecule has 3 rings (SSSR count). The van der Waals surface area contributed by atoms with Gasteiger partial charge in [0, 0.05) is 29.7 Å². The molecule has 148 valence electrons. The second-order valence-corrected chi connectivity index (χ2v) is 7.26. The standard InChI is InChI=1S/C19H24ClN3O3.ClH/c1-22(12-18(24)25)17-3-2-9-23(10-8-17)11-16-13-26-19(21-16)14-4-6-15(20)7-5-14;/h4-7,13,17H,2-3,8-12H2,1H3,(H,24,25);1H. The van der Waals surface area contributed by atoms with Crippen molar-refractivity contribution in [1.29, 1.82) is 0 Å². The molecule has 0 amide bonds. The first-order chi connectivity index (χ1) is 12.5. The zero-order valence-corrected chi connectivity index (χ0v) is 16.9. The van der Waals surface area contributed by atoms with Gasteiger partial charge in [-0.25, -0.2) is 4.98 Å². The minimum Gasteiger partial charge on any atom is -0.480 e. The Labute approximate surface area is 170 Å². The number of aromatic nitrogens is 1. The molecule has 1 unspecified atom stereocenters. The van der Waals surface area contributed by atoms with Crippen LogP contribution in [-0.2, 0) is 11.3 Å². The summed E-state index contributed by atoms with van der Waals surface area (Å²) in [5.41, 5.74) is 1.82. The zero-order valence-electron chi connectivity index (χ0n) is 15.3. The summed E-state index contributed by atoms with van der Waals surface area (Å²) in [6, 6.07) is 7.75. The molecule has 1 aromatic carbocycles. The maximum Gasteiger partial charge on any atom is 0.317 e. The number of carboxylic acid groups (broad SMARTS) is 1. The molecular weight excluding hydrogens is 389 g/mol. The van der Waals surface area contributed by atoms with E-state index in [-0.39, 0.29) is 19.0 Å². The van der Waals surface area contributed by atoms with Gasteiger partial charge in [-0.1, -0.05) is 11.6 Å². The Morgan fingerprint density at radius 1 is 1.33 bits per heavy atom. The maximum atomic E-state index is 10.9. The lowest BCUT2D eigenvalue weighted by Crippen LogP contribution is -2.36. The van der Waals surface area contributed by atoms with E-state index in [1.807, 2.05) is 36.2 Å². The highest BCUT2D eigenvalue weighted by Crippen LogP contribution is 2.22. The summed E-state index contributed by atoms with van der Waals surface area (Å²) in [6.45, 7) is 2.75. The quantitative estimate of drug-likeness (QED) is 0.776. The second-order valence-electron chi connectivity index (χ2n) is 6.82. The number of oxazole rings is 1. The molecule has 6 nitrogen and oxygen atoms in total. The number of likely N-dealkylation sites (tertiary alicyclic amines) is 1. The summed E-state index contributed by atoms with van der Waals surface area (Å²) in [5, 5.41) is 9.65. The number of benzene rings is 1. The van der Waals surface area contributed by atoms with Crippen molar-refractivity contribution in [1.82, 2.24) is 14.8 Å². The van der Waals surface area contributed by atoms with Crippen molar-refractivity contribution < 1.29 is 14.3 Å². The zero-order chi connectivity index (χ0) is 18.5. The van der Waals surface area contributed by atoms with Gasteiger partial charge in [-0.05, 0) is 57.1 Å². The summed E-state index contributed by atoms with van der Waals surface area (Å²) < 4.78 is 5.61. The lowest BCUT2D eigenvalue weighted by Gasteiger charge is -2.25. The summed E-state index contributed by atoms with van der Waals surface area (Å²) in [7, 11) is 1.89. The highest BCUT2D eigenvalue weighted by Gasteiger charge is 2.22. The van der Waals surface area contributed by atoms with E-state index in [4.69, 9.17) is 21.1 Å². The molecule has 0 saturated carbocycles. The van der Waals surface area contributed by atoms with Crippen molar-refractivity contribution in [3.05, 3.63) is 41.2 Å². The summed E-state index contributed by atoms with van der Waals surface area (Å²) in [4.78, 5) is 19.8. The molecule has 1 atom stereocenters. The fraction of sp³-hybridized carbons (Fsp3) is 0.474. The van der Waals surface area contributed by atoms with E-state index in [1.165, 1.54) is 0 Å². The number of nitrogens with zero attached hydrogens (tertiary/aromatic N) is 3. The first kappa shape index (κ1) is 21.7. The maximum absolute atomic E-state index is 10.9. The molecule has 1 aliphatic heterocycles. The molecule has 8 heteroatoms. The molecule has 27 heavy (non-hydrogen) atoms. The highest BCUT2D eigenvalue weighted by molar-refractivity contribution is 6.30. The molecule has 0 aliphatic carbocycles. The Morgan fingerprint density at radius 2 is 2.07 bits per heavy atom. The van der Waals surface area contributed by atoms with E-state index in [0.29, 0.717) is 17.0 Å². The predicted octanol–water partition coefficient (Wildman–Crippen LogP) is 3.79. The Hall–Kier alpha value is -1.60. The predicted molar refractivity (Wildman–Crippen MR) is 107 cm³/mol. The molecule has 0 spiro atoms. The van der Waals surface area contributed by atoms with Crippen LogP contribution in [0.3, 0.4) is 0 Å². The molecule has 1 aromatic heterocycles. The largest absolute Gasteiger partial charge is 0.480 e. The van der Waals surface area contributed by atoms with Crippen molar-refractivity contribution in [2.45, 2.75) is 31.8 Å². The second kappa shape index (κ2) is 10.1. The first-order valence-electron chi connectivity index (χ1n) is 8.86. The SMILES string of the molecule is CN(CC(=O)O)C1CCCN(Cc2coc(-c3ccc(Cl)cc3)n2)CC1.Cl. The van der Waals surface area contributed by atoms with Crippen LogP contribution in [0.2, 0.25) is 5.02 Å². The Morgan fingerprint density at radius 3 is 2.78 bits per heavy atom. The molecular formula is C19H25Cl2N3O3. The van der Waals surface area contributed by atoms with Crippen molar-refractivity contribution >= 4 is 30.0 Å². The number of hydrogen-bond acceptors (Lipinski definition) is 5. The number of carbonyl (C=O) groups is 1. The molecule has 2 aromatic rings. The van der Waals surface area contributed by atoms with Crippen LogP contribution >= 0.6 is 24.0 Å². The first-order valence-corrected chi connectivity index (χ1v) is 9.24. The molecule has 2 heterocycles. The minimum absolute atomic E-state index is 0. The van der Waals surface area contributed by atoms with Gasteiger partial charge in [0.15, 0.2) is 0 Å². The highest BCUT2D eigenvalue weighted by atomic mass is 35.5. The molecule has 1 aliphatic rings. The number of likely N-dealkylation sites (N-methyl/N-ethyl adjacent to an activating group) is 1. The van der Waals surface area contributed by atoms with Gasteiger partial charge in [0.1, 0.15) is 6.26 Å². The third kappa shape index (κ3) is 6.21. The van der Waals surface area contributed by atoms with Gasteiger partial charge < -0.3 is 9.52 Å². The Bertz CT molecular complexity index is 736. The minimum atomic E-state index is -0.772. The number of carboxylic acids is 1. The Kier molecular flexibility index (Phi) is 8.10. The van der Waals surface area contributed by atoms with Gasteiger partial charge in [-0.15, -0.1) is 12.4 Å². The van der Waals surface area contributed by atoms with Crippen LogP contribution in [0.5, 0.6) is 0 Å². The number of halogens is 2. The molecule has 0 radical (unpaired) electrons.